The maximum absolute atomic E-state index is 12.6. The van der Waals surface area contributed by atoms with Crippen LogP contribution < -0.4 is 9.47 Å². The normalized spacial score (nSPS) is 13.0. The number of rotatable bonds is 3. The molecule has 0 spiro atoms. The first-order valence-corrected chi connectivity index (χ1v) is 8.07. The summed E-state index contributed by atoms with van der Waals surface area (Å²) in [6.45, 7) is 0.970. The van der Waals surface area contributed by atoms with Crippen molar-refractivity contribution in [1.82, 2.24) is 0 Å². The molecule has 0 aliphatic carbocycles. The fourth-order valence-corrected chi connectivity index (χ4v) is 2.78. The molecule has 108 valence electrons. The molecule has 2 aromatic rings. The largest absolute Gasteiger partial charge is 0.486 e. The van der Waals surface area contributed by atoms with E-state index < -0.39 is 0 Å². The SMILES string of the molecule is CSc1ccc(C(=O)c2cc3c(cc2Cl)OCCO3)cc1. The highest BCUT2D eigenvalue weighted by Crippen LogP contribution is 2.36. The van der Waals surface area contributed by atoms with Crippen LogP contribution in [0.4, 0.5) is 0 Å². The number of carbonyl (C=O) groups is 1. The summed E-state index contributed by atoms with van der Waals surface area (Å²) in [7, 11) is 0. The number of thioether (sulfide) groups is 1. The third-order valence-corrected chi connectivity index (χ3v) is 4.28. The van der Waals surface area contributed by atoms with E-state index in [1.54, 1.807) is 36.0 Å². The molecule has 0 aromatic heterocycles. The molecule has 0 saturated carbocycles. The summed E-state index contributed by atoms with van der Waals surface area (Å²) >= 11 is 7.84. The number of carbonyl (C=O) groups excluding carboxylic acids is 1. The molecule has 0 radical (unpaired) electrons. The van der Waals surface area contributed by atoms with E-state index in [1.807, 2.05) is 18.4 Å². The van der Waals surface area contributed by atoms with Gasteiger partial charge in [0.25, 0.3) is 0 Å². The Labute approximate surface area is 132 Å². The number of hydrogen-bond donors (Lipinski definition) is 0. The summed E-state index contributed by atoms with van der Waals surface area (Å²) < 4.78 is 11.0. The van der Waals surface area contributed by atoms with Crippen LogP contribution in [0.25, 0.3) is 0 Å². The van der Waals surface area contributed by atoms with Gasteiger partial charge in [-0.25, -0.2) is 0 Å². The van der Waals surface area contributed by atoms with Crippen molar-refractivity contribution in [2.24, 2.45) is 0 Å². The van der Waals surface area contributed by atoms with Crippen molar-refractivity contribution >= 4 is 29.1 Å². The van der Waals surface area contributed by atoms with E-state index in [0.717, 1.165) is 4.90 Å². The Morgan fingerprint density at radius 2 is 1.71 bits per heavy atom. The molecule has 0 amide bonds. The van der Waals surface area contributed by atoms with Gasteiger partial charge in [0, 0.05) is 22.1 Å². The highest BCUT2D eigenvalue weighted by atomic mass is 35.5. The summed E-state index contributed by atoms with van der Waals surface area (Å²) in [4.78, 5) is 13.7. The third-order valence-electron chi connectivity index (χ3n) is 3.23. The molecule has 1 aliphatic heterocycles. The predicted octanol–water partition coefficient (Wildman–Crippen LogP) is 4.06. The van der Waals surface area contributed by atoms with Crippen molar-refractivity contribution in [1.29, 1.82) is 0 Å². The molecule has 1 aliphatic rings. The Morgan fingerprint density at radius 1 is 1.10 bits per heavy atom. The van der Waals surface area contributed by atoms with Crippen LogP contribution in [0.5, 0.6) is 11.5 Å². The molecule has 0 saturated heterocycles. The minimum absolute atomic E-state index is 0.121. The smallest absolute Gasteiger partial charge is 0.194 e. The van der Waals surface area contributed by atoms with E-state index in [4.69, 9.17) is 21.1 Å². The highest BCUT2D eigenvalue weighted by molar-refractivity contribution is 7.98. The van der Waals surface area contributed by atoms with Gasteiger partial charge in [0.1, 0.15) is 13.2 Å². The highest BCUT2D eigenvalue weighted by Gasteiger charge is 2.19. The first-order chi connectivity index (χ1) is 10.2. The molecule has 3 nitrogen and oxygen atoms in total. The molecule has 0 fully saturated rings. The fraction of sp³-hybridized carbons (Fsp3) is 0.188. The van der Waals surface area contributed by atoms with Gasteiger partial charge in [0.15, 0.2) is 17.3 Å². The van der Waals surface area contributed by atoms with Crippen LogP contribution in [-0.4, -0.2) is 25.3 Å². The Morgan fingerprint density at radius 3 is 2.33 bits per heavy atom. The molecule has 1 heterocycles. The van der Waals surface area contributed by atoms with Gasteiger partial charge in [-0.1, -0.05) is 11.6 Å². The van der Waals surface area contributed by atoms with Gasteiger partial charge in [-0.05, 0) is 36.6 Å². The van der Waals surface area contributed by atoms with E-state index in [2.05, 4.69) is 0 Å². The van der Waals surface area contributed by atoms with Crippen LogP contribution in [0.15, 0.2) is 41.3 Å². The van der Waals surface area contributed by atoms with E-state index >= 15 is 0 Å². The first-order valence-electron chi connectivity index (χ1n) is 6.47. The minimum atomic E-state index is -0.121. The predicted molar refractivity (Wildman–Crippen MR) is 84.1 cm³/mol. The lowest BCUT2D eigenvalue weighted by Gasteiger charge is -2.19. The summed E-state index contributed by atoms with van der Waals surface area (Å²) in [6.07, 6.45) is 1.99. The van der Waals surface area contributed by atoms with E-state index in [-0.39, 0.29) is 5.78 Å². The van der Waals surface area contributed by atoms with Gasteiger partial charge < -0.3 is 9.47 Å². The second kappa shape index (κ2) is 6.00. The quantitative estimate of drug-likeness (QED) is 0.631. The molecular formula is C16H13ClO3S. The summed E-state index contributed by atoms with van der Waals surface area (Å²) in [5.41, 5.74) is 1.03. The Hall–Kier alpha value is -1.65. The molecule has 2 aromatic carbocycles. The van der Waals surface area contributed by atoms with Gasteiger partial charge in [-0.3, -0.25) is 4.79 Å². The zero-order valence-corrected chi connectivity index (χ0v) is 13.0. The lowest BCUT2D eigenvalue weighted by atomic mass is 10.0. The lowest BCUT2D eigenvalue weighted by Crippen LogP contribution is -2.16. The maximum atomic E-state index is 12.6. The molecular weight excluding hydrogens is 308 g/mol. The van der Waals surface area contributed by atoms with Gasteiger partial charge in [-0.2, -0.15) is 0 Å². The summed E-state index contributed by atoms with van der Waals surface area (Å²) in [5, 5.41) is 0.373. The zero-order chi connectivity index (χ0) is 14.8. The molecule has 0 atom stereocenters. The number of benzene rings is 2. The molecule has 21 heavy (non-hydrogen) atoms. The molecule has 3 rings (SSSR count). The van der Waals surface area contributed by atoms with Crippen molar-refractivity contribution < 1.29 is 14.3 Å². The number of hydrogen-bond acceptors (Lipinski definition) is 4. The Kier molecular flexibility index (Phi) is 4.08. The van der Waals surface area contributed by atoms with Crippen LogP contribution in [0.2, 0.25) is 5.02 Å². The standard InChI is InChI=1S/C16H13ClO3S/c1-21-11-4-2-10(3-5-11)16(18)12-8-14-15(9-13(12)17)20-7-6-19-14/h2-5,8-9H,6-7H2,1H3. The second-order valence-corrected chi connectivity index (χ2v) is 5.82. The molecule has 0 N–H and O–H groups in total. The monoisotopic (exact) mass is 320 g/mol. The van der Waals surface area contributed by atoms with Crippen molar-refractivity contribution in [3.63, 3.8) is 0 Å². The number of ketones is 1. The van der Waals surface area contributed by atoms with Crippen LogP contribution in [0, 0.1) is 0 Å². The van der Waals surface area contributed by atoms with Crippen molar-refractivity contribution in [2.75, 3.05) is 19.5 Å². The third kappa shape index (κ3) is 2.87. The maximum Gasteiger partial charge on any atom is 0.194 e. The van der Waals surface area contributed by atoms with Crippen molar-refractivity contribution in [2.45, 2.75) is 4.90 Å². The average Bonchev–Trinajstić information content (AvgIpc) is 2.53. The van der Waals surface area contributed by atoms with Gasteiger partial charge in [-0.15, -0.1) is 11.8 Å². The molecule has 0 bridgehead atoms. The van der Waals surface area contributed by atoms with Crippen LogP contribution in [-0.2, 0) is 0 Å². The molecule has 0 unspecified atom stereocenters. The number of halogens is 1. The van der Waals surface area contributed by atoms with Gasteiger partial charge >= 0.3 is 0 Å². The summed E-state index contributed by atoms with van der Waals surface area (Å²) in [6, 6.07) is 10.7. The topological polar surface area (TPSA) is 35.5 Å². The van der Waals surface area contributed by atoms with E-state index in [1.165, 1.54) is 0 Å². The minimum Gasteiger partial charge on any atom is -0.486 e. The zero-order valence-electron chi connectivity index (χ0n) is 11.4. The van der Waals surface area contributed by atoms with Crippen molar-refractivity contribution in [3.8, 4) is 11.5 Å². The van der Waals surface area contributed by atoms with Crippen LogP contribution in [0.3, 0.4) is 0 Å². The molecule has 5 heteroatoms. The van der Waals surface area contributed by atoms with E-state index in [9.17, 15) is 4.79 Å². The second-order valence-electron chi connectivity index (χ2n) is 4.53. The fourth-order valence-electron chi connectivity index (χ4n) is 2.14. The van der Waals surface area contributed by atoms with Crippen molar-refractivity contribution in [3.05, 3.63) is 52.5 Å². The Bertz CT molecular complexity index is 683. The summed E-state index contributed by atoms with van der Waals surface area (Å²) in [5.74, 6) is 1.03. The van der Waals surface area contributed by atoms with Crippen LogP contribution in [0.1, 0.15) is 15.9 Å². The van der Waals surface area contributed by atoms with Gasteiger partial charge in [0.2, 0.25) is 0 Å². The van der Waals surface area contributed by atoms with E-state index in [0.29, 0.717) is 40.9 Å². The van der Waals surface area contributed by atoms with Gasteiger partial charge in [0.05, 0.1) is 5.02 Å². The van der Waals surface area contributed by atoms with Crippen LogP contribution >= 0.6 is 23.4 Å². The first kappa shape index (κ1) is 14.3. The number of fused-ring (bicyclic) bond motifs is 1. The number of ether oxygens (including phenoxy) is 2. The average molecular weight is 321 g/mol. The lowest BCUT2D eigenvalue weighted by molar-refractivity contribution is 0.103. The Balaban J connectivity index is 1.96.